The van der Waals surface area contributed by atoms with E-state index in [9.17, 15) is 22.4 Å². The first kappa shape index (κ1) is 18.7. The van der Waals surface area contributed by atoms with E-state index in [1.165, 1.54) is 0 Å². The van der Waals surface area contributed by atoms with Gasteiger partial charge in [0, 0.05) is 0 Å². The fraction of sp³-hybridized carbons (Fsp3) is 0.923. The molecule has 0 aromatic rings. The molecule has 0 rings (SSSR count). The van der Waals surface area contributed by atoms with Crippen molar-refractivity contribution >= 4 is 16.8 Å². The van der Waals surface area contributed by atoms with Crippen molar-refractivity contribution in [2.75, 3.05) is 0 Å². The summed E-state index contributed by atoms with van der Waals surface area (Å²) >= 11 is 4.73. The summed E-state index contributed by atoms with van der Waals surface area (Å²) in [5, 5.41) is -1.97. The molecule has 0 aromatic heterocycles. The maximum atomic E-state index is 13.5. The number of halogens is 5. The number of alkyl halides is 4. The van der Waals surface area contributed by atoms with Crippen molar-refractivity contribution in [2.45, 2.75) is 76.6 Å². The molecule has 0 aliphatic rings. The highest BCUT2D eigenvalue weighted by molar-refractivity contribution is 6.65. The first-order valence-electron chi connectivity index (χ1n) is 6.71. The molecule has 0 spiro atoms. The van der Waals surface area contributed by atoms with Crippen LogP contribution in [-0.4, -0.2) is 17.1 Å². The highest BCUT2D eigenvalue weighted by Crippen LogP contribution is 2.39. The first-order chi connectivity index (χ1) is 8.75. The van der Waals surface area contributed by atoms with Crippen LogP contribution in [0.25, 0.3) is 0 Å². The van der Waals surface area contributed by atoms with Crippen LogP contribution in [0.2, 0.25) is 0 Å². The Kier molecular flexibility index (Phi) is 8.62. The van der Waals surface area contributed by atoms with Gasteiger partial charge in [-0.1, -0.05) is 51.9 Å². The lowest BCUT2D eigenvalue weighted by molar-refractivity contribution is -0.223. The summed E-state index contributed by atoms with van der Waals surface area (Å²) in [6.45, 7) is 2.10. The number of carbonyl (C=O) groups excluding carboxylic acids is 1. The molecule has 0 heterocycles. The van der Waals surface area contributed by atoms with Gasteiger partial charge in [-0.05, 0) is 24.4 Å². The molecule has 0 aliphatic carbocycles. The molecule has 1 nitrogen and oxygen atoms in total. The van der Waals surface area contributed by atoms with Crippen LogP contribution in [-0.2, 0) is 4.79 Å². The molecule has 0 aromatic carbocycles. The largest absolute Gasteiger partial charge is 0.431 e. The zero-order valence-corrected chi connectivity index (χ0v) is 11.9. The van der Waals surface area contributed by atoms with Gasteiger partial charge in [0.15, 0.2) is 0 Å². The van der Waals surface area contributed by atoms with E-state index in [1.54, 1.807) is 0 Å². The molecule has 6 heteroatoms. The monoisotopic (exact) mass is 304 g/mol. The zero-order valence-electron chi connectivity index (χ0n) is 11.2. The van der Waals surface area contributed by atoms with Gasteiger partial charge in [0.25, 0.3) is 10.9 Å². The second kappa shape index (κ2) is 8.77. The predicted octanol–water partition coefficient (Wildman–Crippen LogP) is 5.55. The van der Waals surface area contributed by atoms with E-state index >= 15 is 0 Å². The average Bonchev–Trinajstić information content (AvgIpc) is 2.30. The molecule has 0 saturated carbocycles. The van der Waals surface area contributed by atoms with E-state index in [1.807, 2.05) is 0 Å². The Bertz CT molecular complexity index is 268. The summed E-state index contributed by atoms with van der Waals surface area (Å²) < 4.78 is 50.7. The minimum atomic E-state index is -5.23. The summed E-state index contributed by atoms with van der Waals surface area (Å²) in [5.74, 6) is 0. The van der Waals surface area contributed by atoms with Crippen molar-refractivity contribution < 1.29 is 22.4 Å². The lowest BCUT2D eigenvalue weighted by atomic mass is 9.97. The third kappa shape index (κ3) is 6.59. The van der Waals surface area contributed by atoms with Gasteiger partial charge in [0.05, 0.1) is 0 Å². The Morgan fingerprint density at radius 3 is 1.68 bits per heavy atom. The van der Waals surface area contributed by atoms with Crippen LogP contribution in [0.4, 0.5) is 17.6 Å². The minimum absolute atomic E-state index is 0.0161. The number of rotatable bonds is 10. The maximum Gasteiger partial charge on any atom is 0.431 e. The normalized spacial score (nSPS) is 15.3. The second-order valence-electron chi connectivity index (χ2n) is 4.80. The molecule has 1 atom stereocenters. The fourth-order valence-electron chi connectivity index (χ4n) is 1.85. The summed E-state index contributed by atoms with van der Waals surface area (Å²) in [4.78, 5) is 10.6. The van der Waals surface area contributed by atoms with Crippen molar-refractivity contribution in [3.05, 3.63) is 0 Å². The van der Waals surface area contributed by atoms with Crippen LogP contribution in [0.5, 0.6) is 0 Å². The maximum absolute atomic E-state index is 13.5. The molecule has 0 N–H and O–H groups in total. The van der Waals surface area contributed by atoms with E-state index in [-0.39, 0.29) is 6.42 Å². The summed E-state index contributed by atoms with van der Waals surface area (Å²) in [6.07, 6.45) is 0.528. The Hall–Kier alpha value is -0.320. The van der Waals surface area contributed by atoms with Crippen LogP contribution in [0.3, 0.4) is 0 Å². The predicted molar refractivity (Wildman–Crippen MR) is 68.0 cm³/mol. The van der Waals surface area contributed by atoms with Crippen LogP contribution >= 0.6 is 11.6 Å². The summed E-state index contributed by atoms with van der Waals surface area (Å²) in [5.41, 5.74) is -3.89. The van der Waals surface area contributed by atoms with Crippen molar-refractivity contribution in [3.63, 3.8) is 0 Å². The van der Waals surface area contributed by atoms with Gasteiger partial charge in [0.2, 0.25) is 0 Å². The molecular weight excluding hydrogens is 284 g/mol. The minimum Gasteiger partial charge on any atom is -0.277 e. The van der Waals surface area contributed by atoms with E-state index < -0.39 is 23.5 Å². The lowest BCUT2D eigenvalue weighted by Crippen LogP contribution is -2.46. The SMILES string of the molecule is CCCCCCCCCCC(F)(C(=O)Cl)C(F)(F)F. The smallest absolute Gasteiger partial charge is 0.277 e. The highest BCUT2D eigenvalue weighted by atomic mass is 35.5. The molecule has 1 unspecified atom stereocenters. The Balaban J connectivity index is 3.88. The van der Waals surface area contributed by atoms with Gasteiger partial charge in [0.1, 0.15) is 0 Å². The van der Waals surface area contributed by atoms with Gasteiger partial charge in [-0.2, -0.15) is 13.2 Å². The van der Waals surface area contributed by atoms with E-state index in [2.05, 4.69) is 6.92 Å². The Labute approximate surface area is 116 Å². The average molecular weight is 305 g/mol. The molecule has 114 valence electrons. The van der Waals surface area contributed by atoms with Gasteiger partial charge in [-0.15, -0.1) is 0 Å². The molecule has 0 amide bonds. The number of hydrogen-bond acceptors (Lipinski definition) is 1. The third-order valence-corrected chi connectivity index (χ3v) is 3.44. The second-order valence-corrected chi connectivity index (χ2v) is 5.14. The van der Waals surface area contributed by atoms with Gasteiger partial charge in [-0.3, -0.25) is 4.79 Å². The van der Waals surface area contributed by atoms with Crippen molar-refractivity contribution in [1.29, 1.82) is 0 Å². The van der Waals surface area contributed by atoms with Crippen LogP contribution in [0.15, 0.2) is 0 Å². The van der Waals surface area contributed by atoms with Gasteiger partial charge in [-0.25, -0.2) is 4.39 Å². The van der Waals surface area contributed by atoms with E-state index in [4.69, 9.17) is 11.6 Å². The summed E-state index contributed by atoms with van der Waals surface area (Å²) in [7, 11) is 0. The molecule has 0 fully saturated rings. The topological polar surface area (TPSA) is 17.1 Å². The number of unbranched alkanes of at least 4 members (excludes halogenated alkanes) is 7. The van der Waals surface area contributed by atoms with Crippen molar-refractivity contribution in [1.82, 2.24) is 0 Å². The standard InChI is InChI=1S/C13H21ClF4O/c1-2-3-4-5-6-7-8-9-10-12(15,11(14)19)13(16,17)18/h2-10H2,1H3. The number of carbonyl (C=O) groups is 1. The van der Waals surface area contributed by atoms with Gasteiger partial charge < -0.3 is 0 Å². The van der Waals surface area contributed by atoms with E-state index in [0.29, 0.717) is 6.42 Å². The molecule has 0 aliphatic heterocycles. The molecule has 19 heavy (non-hydrogen) atoms. The van der Waals surface area contributed by atoms with Crippen molar-refractivity contribution in [2.24, 2.45) is 0 Å². The third-order valence-electron chi connectivity index (χ3n) is 3.14. The summed E-state index contributed by atoms with van der Waals surface area (Å²) in [6, 6.07) is 0. The number of hydrogen-bond donors (Lipinski definition) is 0. The molecule has 0 saturated heterocycles. The fourth-order valence-corrected chi connectivity index (χ4v) is 2.06. The quantitative estimate of drug-likeness (QED) is 0.294. The lowest BCUT2D eigenvalue weighted by Gasteiger charge is -2.23. The zero-order chi connectivity index (χ0) is 14.9. The van der Waals surface area contributed by atoms with Crippen molar-refractivity contribution in [3.8, 4) is 0 Å². The Morgan fingerprint density at radius 2 is 1.32 bits per heavy atom. The van der Waals surface area contributed by atoms with Gasteiger partial charge >= 0.3 is 6.18 Å². The van der Waals surface area contributed by atoms with Crippen LogP contribution in [0.1, 0.15) is 64.7 Å². The van der Waals surface area contributed by atoms with E-state index in [0.717, 1.165) is 38.5 Å². The van der Waals surface area contributed by atoms with Crippen LogP contribution < -0.4 is 0 Å². The molecule has 0 radical (unpaired) electrons. The first-order valence-corrected chi connectivity index (χ1v) is 7.09. The molecule has 0 bridgehead atoms. The molecular formula is C13H21ClF4O. The highest BCUT2D eigenvalue weighted by Gasteiger charge is 2.60. The van der Waals surface area contributed by atoms with Crippen LogP contribution in [0, 0.1) is 0 Å². The Morgan fingerprint density at radius 1 is 0.895 bits per heavy atom.